The van der Waals surface area contributed by atoms with Crippen LogP contribution < -0.4 is 21.8 Å². The third-order valence-electron chi connectivity index (χ3n) is 3.08. The highest BCUT2D eigenvalue weighted by molar-refractivity contribution is 6.32. The Bertz CT molecular complexity index is 937. The fourth-order valence-corrected chi connectivity index (χ4v) is 2.31. The third-order valence-corrected chi connectivity index (χ3v) is 3.37. The fraction of sp³-hybridized carbons (Fsp3) is 0.143. The SMILES string of the molecule is Cc1cc(=O)oc2cc(OCc3nc(N)nc(N)n3)c(Cl)cc12. The lowest BCUT2D eigenvalue weighted by molar-refractivity contribution is 0.296. The van der Waals surface area contributed by atoms with E-state index < -0.39 is 5.63 Å². The molecular formula is C14H12ClN5O3. The molecule has 3 aromatic rings. The molecule has 9 heteroatoms. The minimum atomic E-state index is -0.443. The summed E-state index contributed by atoms with van der Waals surface area (Å²) >= 11 is 6.20. The molecule has 0 fully saturated rings. The summed E-state index contributed by atoms with van der Waals surface area (Å²) in [5, 5.41) is 1.10. The van der Waals surface area contributed by atoms with Crippen molar-refractivity contribution in [3.63, 3.8) is 0 Å². The molecule has 0 aliphatic heterocycles. The van der Waals surface area contributed by atoms with Crippen molar-refractivity contribution in [2.45, 2.75) is 13.5 Å². The zero-order valence-electron chi connectivity index (χ0n) is 12.0. The molecular weight excluding hydrogens is 322 g/mol. The first-order chi connectivity index (χ1) is 10.9. The molecule has 0 amide bonds. The first kappa shape index (κ1) is 15.0. The van der Waals surface area contributed by atoms with Crippen molar-refractivity contribution in [3.8, 4) is 5.75 Å². The molecule has 1 aromatic carbocycles. The predicted octanol–water partition coefficient (Wildman–Crippen LogP) is 1.68. The van der Waals surface area contributed by atoms with E-state index in [0.29, 0.717) is 16.4 Å². The molecule has 23 heavy (non-hydrogen) atoms. The molecule has 0 saturated heterocycles. The number of nitrogen functional groups attached to an aromatic ring is 2. The summed E-state index contributed by atoms with van der Waals surface area (Å²) in [6, 6.07) is 4.61. The summed E-state index contributed by atoms with van der Waals surface area (Å²) in [7, 11) is 0. The van der Waals surface area contributed by atoms with E-state index in [-0.39, 0.29) is 24.3 Å². The van der Waals surface area contributed by atoms with Crippen molar-refractivity contribution >= 4 is 34.5 Å². The van der Waals surface area contributed by atoms with Crippen molar-refractivity contribution < 1.29 is 9.15 Å². The Labute approximate surface area is 135 Å². The van der Waals surface area contributed by atoms with E-state index in [0.717, 1.165) is 10.9 Å². The largest absolute Gasteiger partial charge is 0.484 e. The molecule has 0 radical (unpaired) electrons. The maximum absolute atomic E-state index is 11.5. The molecule has 0 atom stereocenters. The smallest absolute Gasteiger partial charge is 0.336 e. The lowest BCUT2D eigenvalue weighted by atomic mass is 10.1. The molecule has 0 aliphatic rings. The molecule has 0 unspecified atom stereocenters. The van der Waals surface area contributed by atoms with Gasteiger partial charge in [-0.25, -0.2) is 4.79 Å². The minimum absolute atomic E-state index is 0.00216. The number of aryl methyl sites for hydroxylation is 1. The first-order valence-corrected chi connectivity index (χ1v) is 6.93. The molecule has 4 N–H and O–H groups in total. The number of ether oxygens (including phenoxy) is 1. The van der Waals surface area contributed by atoms with Crippen LogP contribution >= 0.6 is 11.6 Å². The third kappa shape index (κ3) is 3.16. The van der Waals surface area contributed by atoms with E-state index >= 15 is 0 Å². The second-order valence-electron chi connectivity index (χ2n) is 4.78. The number of hydrogen-bond acceptors (Lipinski definition) is 8. The van der Waals surface area contributed by atoms with Gasteiger partial charge in [-0.05, 0) is 18.6 Å². The Morgan fingerprint density at radius 2 is 1.87 bits per heavy atom. The molecule has 0 bridgehead atoms. The molecule has 0 aliphatic carbocycles. The van der Waals surface area contributed by atoms with Gasteiger partial charge < -0.3 is 20.6 Å². The van der Waals surface area contributed by atoms with E-state index in [1.165, 1.54) is 6.07 Å². The van der Waals surface area contributed by atoms with Crippen LogP contribution in [-0.4, -0.2) is 15.0 Å². The van der Waals surface area contributed by atoms with E-state index in [1.54, 1.807) is 19.1 Å². The fourth-order valence-electron chi connectivity index (χ4n) is 2.09. The average molecular weight is 334 g/mol. The first-order valence-electron chi connectivity index (χ1n) is 6.55. The van der Waals surface area contributed by atoms with Crippen LogP contribution in [0.1, 0.15) is 11.4 Å². The van der Waals surface area contributed by atoms with Crippen LogP contribution in [0.5, 0.6) is 5.75 Å². The molecule has 2 aromatic heterocycles. The summed E-state index contributed by atoms with van der Waals surface area (Å²) in [6.45, 7) is 1.78. The molecule has 8 nitrogen and oxygen atoms in total. The number of fused-ring (bicyclic) bond motifs is 1. The number of rotatable bonds is 3. The highest BCUT2D eigenvalue weighted by atomic mass is 35.5. The van der Waals surface area contributed by atoms with E-state index in [1.807, 2.05) is 0 Å². The van der Waals surface area contributed by atoms with Gasteiger partial charge in [0.1, 0.15) is 17.9 Å². The van der Waals surface area contributed by atoms with Gasteiger partial charge in [-0.2, -0.15) is 15.0 Å². The average Bonchev–Trinajstić information content (AvgIpc) is 2.45. The normalized spacial score (nSPS) is 10.9. The minimum Gasteiger partial charge on any atom is -0.484 e. The van der Waals surface area contributed by atoms with Crippen LogP contribution in [0.2, 0.25) is 5.02 Å². The van der Waals surface area contributed by atoms with E-state index in [4.69, 9.17) is 32.2 Å². The summed E-state index contributed by atoms with van der Waals surface area (Å²) in [6.07, 6.45) is 0. The van der Waals surface area contributed by atoms with Gasteiger partial charge in [0, 0.05) is 17.5 Å². The van der Waals surface area contributed by atoms with Gasteiger partial charge in [-0.1, -0.05) is 11.6 Å². The number of nitrogens with zero attached hydrogens (tertiary/aromatic N) is 3. The molecule has 3 rings (SSSR count). The van der Waals surface area contributed by atoms with Crippen molar-refractivity contribution in [2.75, 3.05) is 11.5 Å². The number of hydrogen-bond donors (Lipinski definition) is 2. The number of nitrogens with two attached hydrogens (primary N) is 2. The van der Waals surface area contributed by atoms with Gasteiger partial charge in [0.05, 0.1) is 5.02 Å². The van der Waals surface area contributed by atoms with Crippen LogP contribution in [0.15, 0.2) is 27.4 Å². The summed E-state index contributed by atoms with van der Waals surface area (Å²) in [5.74, 6) is 0.590. The highest BCUT2D eigenvalue weighted by Crippen LogP contribution is 2.31. The monoisotopic (exact) mass is 333 g/mol. The molecule has 0 saturated carbocycles. The van der Waals surface area contributed by atoms with Crippen molar-refractivity contribution in [2.24, 2.45) is 0 Å². The quantitative estimate of drug-likeness (QED) is 0.692. The second kappa shape index (κ2) is 5.73. The Kier molecular flexibility index (Phi) is 3.75. The zero-order valence-corrected chi connectivity index (χ0v) is 12.8. The van der Waals surface area contributed by atoms with Crippen molar-refractivity contribution in [3.05, 3.63) is 45.0 Å². The molecule has 2 heterocycles. The summed E-state index contributed by atoms with van der Waals surface area (Å²) in [5.41, 5.74) is 11.7. The van der Waals surface area contributed by atoms with Gasteiger partial charge in [0.2, 0.25) is 11.9 Å². The maximum atomic E-state index is 11.5. The van der Waals surface area contributed by atoms with Crippen LogP contribution in [0, 0.1) is 6.92 Å². The topological polar surface area (TPSA) is 130 Å². The Hall–Kier alpha value is -2.87. The van der Waals surface area contributed by atoms with Gasteiger partial charge in [0.15, 0.2) is 5.82 Å². The van der Waals surface area contributed by atoms with Crippen molar-refractivity contribution in [1.82, 2.24) is 15.0 Å². The molecule has 118 valence electrons. The van der Waals surface area contributed by atoms with E-state index in [9.17, 15) is 4.79 Å². The predicted molar refractivity (Wildman–Crippen MR) is 85.2 cm³/mol. The number of benzene rings is 1. The number of aromatic nitrogens is 3. The van der Waals surface area contributed by atoms with Crippen molar-refractivity contribution in [1.29, 1.82) is 0 Å². The van der Waals surface area contributed by atoms with Crippen LogP contribution in [-0.2, 0) is 6.61 Å². The lowest BCUT2D eigenvalue weighted by Crippen LogP contribution is -2.09. The maximum Gasteiger partial charge on any atom is 0.336 e. The number of anilines is 2. The lowest BCUT2D eigenvalue weighted by Gasteiger charge is -2.09. The van der Waals surface area contributed by atoms with Crippen LogP contribution in [0.3, 0.4) is 0 Å². The van der Waals surface area contributed by atoms with Gasteiger partial charge in [0.25, 0.3) is 0 Å². The van der Waals surface area contributed by atoms with Gasteiger partial charge in [-0.15, -0.1) is 0 Å². The van der Waals surface area contributed by atoms with Crippen LogP contribution in [0.4, 0.5) is 11.9 Å². The Balaban J connectivity index is 1.93. The standard InChI is InChI=1S/C14H12ClN5O3/c1-6-2-12(21)23-9-4-10(8(15)3-7(6)9)22-5-11-18-13(16)20-14(17)19-11/h2-4H,5H2,1H3,(H4,16,17,18,19,20). The van der Waals surface area contributed by atoms with Gasteiger partial charge >= 0.3 is 5.63 Å². The van der Waals surface area contributed by atoms with E-state index in [2.05, 4.69) is 15.0 Å². The Morgan fingerprint density at radius 1 is 1.17 bits per heavy atom. The van der Waals surface area contributed by atoms with Crippen LogP contribution in [0.25, 0.3) is 11.0 Å². The Morgan fingerprint density at radius 3 is 2.57 bits per heavy atom. The summed E-state index contributed by atoms with van der Waals surface area (Å²) in [4.78, 5) is 22.9. The zero-order chi connectivity index (χ0) is 16.6. The van der Waals surface area contributed by atoms with Gasteiger partial charge in [-0.3, -0.25) is 0 Å². The highest BCUT2D eigenvalue weighted by Gasteiger charge is 2.10. The molecule has 0 spiro atoms. The summed E-state index contributed by atoms with van der Waals surface area (Å²) < 4.78 is 10.7. The second-order valence-corrected chi connectivity index (χ2v) is 5.19. The number of halogens is 1.